The summed E-state index contributed by atoms with van der Waals surface area (Å²) in [5.74, 6) is -0.0536. The van der Waals surface area contributed by atoms with Crippen molar-refractivity contribution in [1.82, 2.24) is 29.7 Å². The summed E-state index contributed by atoms with van der Waals surface area (Å²) in [5.41, 5.74) is 0.436. The van der Waals surface area contributed by atoms with Crippen LogP contribution in [0, 0.1) is 0 Å². The van der Waals surface area contributed by atoms with Gasteiger partial charge >= 0.3 is 6.03 Å². The second-order valence-electron chi connectivity index (χ2n) is 7.91. The third-order valence-electron chi connectivity index (χ3n) is 6.28. The molecule has 0 radical (unpaired) electrons. The van der Waals surface area contributed by atoms with Crippen molar-refractivity contribution in [2.24, 2.45) is 0 Å². The molecule has 11 nitrogen and oxygen atoms in total. The topological polar surface area (TPSA) is 134 Å². The van der Waals surface area contributed by atoms with E-state index in [9.17, 15) is 14.7 Å². The predicted octanol–water partition coefficient (Wildman–Crippen LogP) is 1.14. The highest BCUT2D eigenvalue weighted by Crippen LogP contribution is 2.48. The van der Waals surface area contributed by atoms with Crippen molar-refractivity contribution in [2.45, 2.75) is 37.3 Å². The lowest BCUT2D eigenvalue weighted by molar-refractivity contribution is -0.128. The van der Waals surface area contributed by atoms with E-state index in [1.165, 1.54) is 12.7 Å². The minimum Gasteiger partial charge on any atom is -0.388 e. The standard InChI is InChI=1S/C21H23N7O4/c1-3-21-9-27(20(31)22-2)14(15(21)29)19(32-21)28-11-25-13-16(23-10-24-17(13)28)26-18(30)12-7-5-4-6-8-12/h4-8,10-11,14-15,19,29H,3,9H2,1-2H3,(H,22,31)(H,23,24,26,30)/t14-,15+,19-,21+/m1/s1. The van der Waals surface area contributed by atoms with Crippen LogP contribution in [0.3, 0.4) is 0 Å². The number of benzene rings is 1. The van der Waals surface area contributed by atoms with E-state index in [0.29, 0.717) is 29.7 Å². The minimum absolute atomic E-state index is 0.264. The summed E-state index contributed by atoms with van der Waals surface area (Å²) >= 11 is 0. The first-order valence-electron chi connectivity index (χ1n) is 10.4. The van der Waals surface area contributed by atoms with Gasteiger partial charge in [0.1, 0.15) is 24.1 Å². The molecule has 0 aliphatic carbocycles. The predicted molar refractivity (Wildman–Crippen MR) is 114 cm³/mol. The van der Waals surface area contributed by atoms with Gasteiger partial charge in [0.25, 0.3) is 5.91 Å². The number of imidazole rings is 1. The first kappa shape index (κ1) is 20.3. The molecule has 5 rings (SSSR count). The number of ether oxygens (including phenoxy) is 1. The molecule has 0 saturated carbocycles. The number of amides is 3. The number of nitrogens with one attached hydrogen (secondary N) is 2. The molecule has 3 N–H and O–H groups in total. The lowest BCUT2D eigenvalue weighted by atomic mass is 9.96. The Labute approximate surface area is 183 Å². The molecule has 2 aromatic heterocycles. The second-order valence-corrected chi connectivity index (χ2v) is 7.91. The fourth-order valence-corrected chi connectivity index (χ4v) is 4.57. The second kappa shape index (κ2) is 7.53. The number of hydrogen-bond donors (Lipinski definition) is 3. The Kier molecular flexibility index (Phi) is 4.79. The van der Waals surface area contributed by atoms with Gasteiger partial charge in [0.2, 0.25) is 0 Å². The van der Waals surface area contributed by atoms with Crippen LogP contribution in [0.2, 0.25) is 0 Å². The molecule has 2 aliphatic rings. The summed E-state index contributed by atoms with van der Waals surface area (Å²) in [6.45, 7) is 2.22. The number of carbonyl (C=O) groups excluding carboxylic acids is 2. The maximum absolute atomic E-state index is 12.6. The zero-order chi connectivity index (χ0) is 22.5. The maximum atomic E-state index is 12.6. The summed E-state index contributed by atoms with van der Waals surface area (Å²) in [6.07, 6.45) is 1.85. The summed E-state index contributed by atoms with van der Waals surface area (Å²) in [5, 5.41) is 16.4. The van der Waals surface area contributed by atoms with Crippen LogP contribution in [-0.4, -0.2) is 72.8 Å². The van der Waals surface area contributed by atoms with Crippen LogP contribution in [0.4, 0.5) is 10.6 Å². The van der Waals surface area contributed by atoms with E-state index in [4.69, 9.17) is 4.74 Å². The Balaban J connectivity index is 1.50. The molecule has 3 aromatic rings. The highest BCUT2D eigenvalue weighted by Gasteiger charge is 2.64. The van der Waals surface area contributed by atoms with Gasteiger partial charge in [0.15, 0.2) is 23.2 Å². The molecule has 166 valence electrons. The van der Waals surface area contributed by atoms with Crippen molar-refractivity contribution in [3.05, 3.63) is 48.5 Å². The van der Waals surface area contributed by atoms with Crippen LogP contribution >= 0.6 is 0 Å². The number of anilines is 1. The number of aliphatic hydroxyl groups is 1. The van der Waals surface area contributed by atoms with Gasteiger partial charge < -0.3 is 25.4 Å². The molecule has 2 fully saturated rings. The van der Waals surface area contributed by atoms with Crippen molar-refractivity contribution in [3.8, 4) is 0 Å². The van der Waals surface area contributed by atoms with Crippen molar-refractivity contribution in [3.63, 3.8) is 0 Å². The number of fused-ring (bicyclic) bond motifs is 3. The van der Waals surface area contributed by atoms with Crippen molar-refractivity contribution >= 4 is 28.9 Å². The van der Waals surface area contributed by atoms with E-state index in [1.807, 2.05) is 13.0 Å². The molecule has 4 heterocycles. The average molecular weight is 437 g/mol. The van der Waals surface area contributed by atoms with Gasteiger partial charge in [-0.25, -0.2) is 19.7 Å². The molecular formula is C21H23N7O4. The fourth-order valence-electron chi connectivity index (χ4n) is 4.57. The smallest absolute Gasteiger partial charge is 0.317 e. The van der Waals surface area contributed by atoms with Crippen LogP contribution in [0.1, 0.15) is 29.9 Å². The van der Waals surface area contributed by atoms with E-state index >= 15 is 0 Å². The number of likely N-dealkylation sites (tertiary alicyclic amines) is 1. The maximum Gasteiger partial charge on any atom is 0.317 e. The van der Waals surface area contributed by atoms with Crippen LogP contribution in [0.5, 0.6) is 0 Å². The molecule has 3 amide bonds. The largest absolute Gasteiger partial charge is 0.388 e. The normalized spacial score (nSPS) is 26.5. The SMILES string of the molecule is CC[C@@]12CN(C(=O)NC)[C@@H]([C@H](n3cnc4c(NC(=O)c5ccccc5)ncnc43)O1)[C@@H]2O. The fraction of sp³-hybridized carbons (Fsp3) is 0.381. The molecule has 4 atom stereocenters. The van der Waals surface area contributed by atoms with Crippen molar-refractivity contribution in [2.75, 3.05) is 18.9 Å². The van der Waals surface area contributed by atoms with Gasteiger partial charge in [-0.1, -0.05) is 25.1 Å². The third-order valence-corrected chi connectivity index (χ3v) is 6.28. The average Bonchev–Trinajstić information content (AvgIpc) is 3.47. The van der Waals surface area contributed by atoms with Crippen LogP contribution in [0.25, 0.3) is 11.2 Å². The zero-order valence-electron chi connectivity index (χ0n) is 17.6. The van der Waals surface area contributed by atoms with E-state index < -0.39 is 24.0 Å². The zero-order valence-corrected chi connectivity index (χ0v) is 17.6. The third kappa shape index (κ3) is 2.93. The number of nitrogens with zero attached hydrogens (tertiary/aromatic N) is 5. The Bertz CT molecular complexity index is 1180. The van der Waals surface area contributed by atoms with Gasteiger partial charge in [0.05, 0.1) is 12.9 Å². The van der Waals surface area contributed by atoms with Crippen molar-refractivity contribution < 1.29 is 19.4 Å². The quantitative estimate of drug-likeness (QED) is 0.557. The monoisotopic (exact) mass is 437 g/mol. The van der Waals surface area contributed by atoms with Gasteiger partial charge in [-0.05, 0) is 18.6 Å². The van der Waals surface area contributed by atoms with Crippen LogP contribution in [-0.2, 0) is 4.74 Å². The summed E-state index contributed by atoms with van der Waals surface area (Å²) in [6, 6.07) is 7.90. The molecular weight excluding hydrogens is 414 g/mol. The summed E-state index contributed by atoms with van der Waals surface area (Å²) in [7, 11) is 1.55. The Morgan fingerprint density at radius 2 is 2.03 bits per heavy atom. The molecule has 0 unspecified atom stereocenters. The lowest BCUT2D eigenvalue weighted by Gasteiger charge is -2.36. The van der Waals surface area contributed by atoms with Gasteiger partial charge in [-0.15, -0.1) is 0 Å². The highest BCUT2D eigenvalue weighted by atomic mass is 16.6. The molecule has 32 heavy (non-hydrogen) atoms. The number of rotatable bonds is 4. The summed E-state index contributed by atoms with van der Waals surface area (Å²) in [4.78, 5) is 39.5. The van der Waals surface area contributed by atoms with E-state index in [1.54, 1.807) is 40.8 Å². The van der Waals surface area contributed by atoms with E-state index in [-0.39, 0.29) is 17.8 Å². The Morgan fingerprint density at radius 3 is 2.72 bits per heavy atom. The number of morpholine rings is 1. The Hall–Kier alpha value is -3.57. The number of aromatic nitrogens is 4. The van der Waals surface area contributed by atoms with Crippen LogP contribution in [0.15, 0.2) is 43.0 Å². The molecule has 11 heteroatoms. The van der Waals surface area contributed by atoms with Crippen LogP contribution < -0.4 is 10.6 Å². The number of aliphatic hydroxyl groups excluding tert-OH is 1. The first-order chi connectivity index (χ1) is 15.5. The van der Waals surface area contributed by atoms with Gasteiger partial charge in [-0.2, -0.15) is 0 Å². The van der Waals surface area contributed by atoms with E-state index in [0.717, 1.165) is 0 Å². The number of carbonyl (C=O) groups is 2. The summed E-state index contributed by atoms with van der Waals surface area (Å²) < 4.78 is 7.96. The first-order valence-corrected chi connectivity index (χ1v) is 10.4. The number of urea groups is 1. The highest BCUT2D eigenvalue weighted by molar-refractivity contribution is 6.06. The molecule has 2 aliphatic heterocycles. The molecule has 2 bridgehead atoms. The van der Waals surface area contributed by atoms with E-state index in [2.05, 4.69) is 25.6 Å². The van der Waals surface area contributed by atoms with Gasteiger partial charge in [0, 0.05) is 12.6 Å². The number of hydrogen-bond acceptors (Lipinski definition) is 7. The van der Waals surface area contributed by atoms with Gasteiger partial charge in [-0.3, -0.25) is 9.36 Å². The van der Waals surface area contributed by atoms with Crippen molar-refractivity contribution in [1.29, 1.82) is 0 Å². The molecule has 0 spiro atoms. The Morgan fingerprint density at radius 1 is 1.25 bits per heavy atom. The minimum atomic E-state index is -0.865. The molecule has 2 saturated heterocycles. The molecule has 1 aromatic carbocycles. The lowest BCUT2D eigenvalue weighted by Crippen LogP contribution is -2.50.